The minimum Gasteiger partial charge on any atom is -0.463 e. The van der Waals surface area contributed by atoms with Crippen molar-refractivity contribution in [2.45, 2.75) is 33.9 Å². The molecule has 5 aromatic rings. The van der Waals surface area contributed by atoms with Gasteiger partial charge in [-0.25, -0.2) is 9.97 Å². The molecule has 0 saturated heterocycles. The molecule has 0 unspecified atom stereocenters. The maximum absolute atomic E-state index is 13.7. The highest BCUT2D eigenvalue weighted by Crippen LogP contribution is 2.37. The molecule has 1 aromatic carbocycles. The molecule has 1 N–H and O–H groups in total. The molecule has 0 aliphatic rings. The lowest BCUT2D eigenvalue weighted by atomic mass is 10.1. The Kier molecular flexibility index (Phi) is 6.14. The Bertz CT molecular complexity index is 1610. The topological polar surface area (TPSA) is 98.9 Å². The summed E-state index contributed by atoms with van der Waals surface area (Å²) in [5.74, 6) is 1.15. The number of aryl methyl sites for hydroxylation is 2. The van der Waals surface area contributed by atoms with Gasteiger partial charge in [0, 0.05) is 24.9 Å². The predicted molar refractivity (Wildman–Crippen MR) is 133 cm³/mol. The van der Waals surface area contributed by atoms with Gasteiger partial charge in [-0.05, 0) is 48.7 Å². The van der Waals surface area contributed by atoms with Crippen LogP contribution >= 0.6 is 0 Å². The van der Waals surface area contributed by atoms with Crippen molar-refractivity contribution < 1.29 is 22.3 Å². The quantitative estimate of drug-likeness (QED) is 0.272. The number of anilines is 2. The van der Waals surface area contributed by atoms with E-state index in [-0.39, 0.29) is 29.0 Å². The number of rotatable bonds is 6. The van der Waals surface area contributed by atoms with Crippen LogP contribution in [0.3, 0.4) is 0 Å². The maximum Gasteiger partial charge on any atom is 0.418 e. The SMILES string of the molecule is Cc1nc2ccc(Nc3nc(OCC(C)C)nc4nc(-c5ncccc5C(F)(F)F)cc(C)c34)cc2o1. The van der Waals surface area contributed by atoms with Crippen LogP contribution < -0.4 is 10.1 Å². The van der Waals surface area contributed by atoms with Crippen molar-refractivity contribution in [1.29, 1.82) is 0 Å². The molecule has 0 radical (unpaired) electrons. The number of nitrogens with one attached hydrogen (secondary N) is 1. The molecule has 0 atom stereocenters. The van der Waals surface area contributed by atoms with Gasteiger partial charge in [0.2, 0.25) is 0 Å². The number of hydrogen-bond donors (Lipinski definition) is 1. The van der Waals surface area contributed by atoms with Crippen LogP contribution in [0.4, 0.5) is 24.7 Å². The maximum atomic E-state index is 13.7. The van der Waals surface area contributed by atoms with E-state index < -0.39 is 11.7 Å². The zero-order chi connectivity index (χ0) is 26.3. The van der Waals surface area contributed by atoms with Gasteiger partial charge in [0.25, 0.3) is 0 Å². The van der Waals surface area contributed by atoms with Gasteiger partial charge in [0.05, 0.1) is 23.3 Å². The summed E-state index contributed by atoms with van der Waals surface area (Å²) in [6, 6.07) is 9.26. The lowest BCUT2D eigenvalue weighted by molar-refractivity contribution is -0.137. The van der Waals surface area contributed by atoms with Gasteiger partial charge in [-0.1, -0.05) is 13.8 Å². The zero-order valence-corrected chi connectivity index (χ0v) is 20.5. The van der Waals surface area contributed by atoms with Crippen molar-refractivity contribution >= 4 is 33.6 Å². The molecule has 5 rings (SSSR count). The van der Waals surface area contributed by atoms with Gasteiger partial charge in [0.1, 0.15) is 17.0 Å². The monoisotopic (exact) mass is 508 g/mol. The van der Waals surface area contributed by atoms with Crippen molar-refractivity contribution in [2.75, 3.05) is 11.9 Å². The zero-order valence-electron chi connectivity index (χ0n) is 20.5. The number of halogens is 3. The summed E-state index contributed by atoms with van der Waals surface area (Å²) in [6.45, 7) is 7.84. The lowest BCUT2D eigenvalue weighted by Gasteiger charge is -2.15. The number of benzene rings is 1. The first kappa shape index (κ1) is 24.4. The number of hydrogen-bond acceptors (Lipinski definition) is 8. The first-order chi connectivity index (χ1) is 17.6. The van der Waals surface area contributed by atoms with E-state index in [4.69, 9.17) is 9.15 Å². The fourth-order valence-corrected chi connectivity index (χ4v) is 3.91. The number of alkyl halides is 3. The first-order valence-electron chi connectivity index (χ1n) is 11.6. The van der Waals surface area contributed by atoms with E-state index in [1.54, 1.807) is 26.0 Å². The molecule has 0 bridgehead atoms. The molecule has 0 fully saturated rings. The van der Waals surface area contributed by atoms with E-state index in [0.29, 0.717) is 40.5 Å². The Hall–Kier alpha value is -4.28. The van der Waals surface area contributed by atoms with Crippen molar-refractivity contribution in [2.24, 2.45) is 5.92 Å². The third-order valence-corrected chi connectivity index (χ3v) is 5.50. The Labute approximate surface area is 210 Å². The molecule has 0 saturated carbocycles. The van der Waals surface area contributed by atoms with Crippen LogP contribution in [0.1, 0.15) is 30.9 Å². The molecule has 190 valence electrons. The van der Waals surface area contributed by atoms with Gasteiger partial charge in [-0.3, -0.25) is 4.98 Å². The molecule has 11 heteroatoms. The smallest absolute Gasteiger partial charge is 0.418 e. The van der Waals surface area contributed by atoms with Gasteiger partial charge >= 0.3 is 12.2 Å². The van der Waals surface area contributed by atoms with E-state index in [1.807, 2.05) is 26.0 Å². The minimum absolute atomic E-state index is 0.0518. The van der Waals surface area contributed by atoms with Crippen LogP contribution in [-0.2, 0) is 6.18 Å². The standard InChI is InChI=1S/C26H23F3N6O2/c1-13(2)12-36-25-34-23(32-16-7-8-18-20(11-16)37-15(4)31-18)21-14(3)10-19(33-24(21)35-25)22-17(26(27,28)29)6-5-9-30-22/h5-11,13H,12H2,1-4H3,(H,32,33,34,35). The highest BCUT2D eigenvalue weighted by molar-refractivity contribution is 5.94. The van der Waals surface area contributed by atoms with E-state index in [2.05, 4.69) is 30.2 Å². The van der Waals surface area contributed by atoms with E-state index in [9.17, 15) is 13.2 Å². The first-order valence-corrected chi connectivity index (χ1v) is 11.6. The molecule has 0 spiro atoms. The van der Waals surface area contributed by atoms with Crippen LogP contribution in [0.25, 0.3) is 33.5 Å². The predicted octanol–water partition coefficient (Wildman–Crippen LogP) is 6.64. The number of oxazole rings is 1. The van der Waals surface area contributed by atoms with Crippen LogP contribution in [0.15, 0.2) is 47.0 Å². The number of aromatic nitrogens is 5. The van der Waals surface area contributed by atoms with Crippen molar-refractivity contribution in [3.63, 3.8) is 0 Å². The number of nitrogens with zero attached hydrogens (tertiary/aromatic N) is 5. The van der Waals surface area contributed by atoms with Crippen molar-refractivity contribution in [1.82, 2.24) is 24.9 Å². The second-order valence-corrected chi connectivity index (χ2v) is 9.02. The fraction of sp³-hybridized carbons (Fsp3) is 0.269. The highest BCUT2D eigenvalue weighted by atomic mass is 19.4. The third-order valence-electron chi connectivity index (χ3n) is 5.50. The van der Waals surface area contributed by atoms with Crippen molar-refractivity contribution in [3.05, 3.63) is 59.6 Å². The normalized spacial score (nSPS) is 12.0. The van der Waals surface area contributed by atoms with Crippen LogP contribution in [-0.4, -0.2) is 31.5 Å². The second kappa shape index (κ2) is 9.30. The molecule has 0 amide bonds. The third kappa shape index (κ3) is 5.02. The van der Waals surface area contributed by atoms with Gasteiger partial charge in [-0.2, -0.15) is 23.1 Å². The minimum atomic E-state index is -4.59. The molecular weight excluding hydrogens is 485 g/mol. The summed E-state index contributed by atoms with van der Waals surface area (Å²) in [4.78, 5) is 21.7. The second-order valence-electron chi connectivity index (χ2n) is 9.02. The van der Waals surface area contributed by atoms with Gasteiger partial charge in [-0.15, -0.1) is 0 Å². The molecule has 4 aromatic heterocycles. The average molecular weight is 509 g/mol. The molecule has 37 heavy (non-hydrogen) atoms. The molecule has 0 aliphatic carbocycles. The van der Waals surface area contributed by atoms with E-state index in [0.717, 1.165) is 11.6 Å². The van der Waals surface area contributed by atoms with Crippen LogP contribution in [0, 0.1) is 19.8 Å². The van der Waals surface area contributed by atoms with E-state index >= 15 is 0 Å². The largest absolute Gasteiger partial charge is 0.463 e. The summed E-state index contributed by atoms with van der Waals surface area (Å²) in [6.07, 6.45) is -3.28. The average Bonchev–Trinajstić information content (AvgIpc) is 3.21. The Morgan fingerprint density at radius 3 is 2.59 bits per heavy atom. The van der Waals surface area contributed by atoms with Gasteiger partial charge in [0.15, 0.2) is 17.1 Å². The molecule has 4 heterocycles. The summed E-state index contributed by atoms with van der Waals surface area (Å²) in [5, 5.41) is 3.80. The summed E-state index contributed by atoms with van der Waals surface area (Å²) >= 11 is 0. The molecule has 8 nitrogen and oxygen atoms in total. The number of pyridine rings is 2. The summed E-state index contributed by atoms with van der Waals surface area (Å²) < 4.78 is 52.4. The number of fused-ring (bicyclic) bond motifs is 2. The van der Waals surface area contributed by atoms with Crippen molar-refractivity contribution in [3.8, 4) is 17.4 Å². The summed E-state index contributed by atoms with van der Waals surface area (Å²) in [7, 11) is 0. The van der Waals surface area contributed by atoms with Crippen LogP contribution in [0.5, 0.6) is 6.01 Å². The fourth-order valence-electron chi connectivity index (χ4n) is 3.91. The Balaban J connectivity index is 1.65. The molecular formula is C26H23F3N6O2. The van der Waals surface area contributed by atoms with Gasteiger partial charge < -0.3 is 14.5 Å². The highest BCUT2D eigenvalue weighted by Gasteiger charge is 2.35. The van der Waals surface area contributed by atoms with E-state index in [1.165, 1.54) is 12.3 Å². The number of ether oxygens (including phenoxy) is 1. The summed E-state index contributed by atoms with van der Waals surface area (Å²) in [5.41, 5.74) is 1.69. The lowest BCUT2D eigenvalue weighted by Crippen LogP contribution is -2.10. The Morgan fingerprint density at radius 1 is 1.03 bits per heavy atom. The molecule has 0 aliphatic heterocycles. The Morgan fingerprint density at radius 2 is 1.84 bits per heavy atom. The van der Waals surface area contributed by atoms with Crippen LogP contribution in [0.2, 0.25) is 0 Å².